The van der Waals surface area contributed by atoms with Crippen molar-refractivity contribution >= 4 is 17.4 Å². The van der Waals surface area contributed by atoms with Gasteiger partial charge in [-0.15, -0.1) is 0 Å². The van der Waals surface area contributed by atoms with Crippen LogP contribution in [-0.4, -0.2) is 49.1 Å². The smallest absolute Gasteiger partial charge is 0.224 e. The van der Waals surface area contributed by atoms with Crippen molar-refractivity contribution in [2.45, 2.75) is 6.92 Å². The molecule has 0 saturated heterocycles. The van der Waals surface area contributed by atoms with E-state index >= 15 is 0 Å². The standard InChI is InChI=1S/C10H17ClN4/c1-8-7-12-10(11)13-9(8)15(4)6-5-14(2)3/h7H,5-6H2,1-4H3. The van der Waals surface area contributed by atoms with Crippen molar-refractivity contribution in [1.82, 2.24) is 14.9 Å². The zero-order valence-electron chi connectivity index (χ0n) is 9.66. The summed E-state index contributed by atoms with van der Waals surface area (Å²) in [4.78, 5) is 12.4. The van der Waals surface area contributed by atoms with Gasteiger partial charge in [-0.25, -0.2) is 9.97 Å². The van der Waals surface area contributed by atoms with Crippen LogP contribution in [0.25, 0.3) is 0 Å². The molecule has 0 bridgehead atoms. The molecule has 0 N–H and O–H groups in total. The molecule has 1 aromatic heterocycles. The highest BCUT2D eigenvalue weighted by Crippen LogP contribution is 2.16. The average Bonchev–Trinajstić information content (AvgIpc) is 2.18. The van der Waals surface area contributed by atoms with Crippen molar-refractivity contribution in [1.29, 1.82) is 0 Å². The average molecular weight is 229 g/mol. The van der Waals surface area contributed by atoms with E-state index in [0.717, 1.165) is 24.5 Å². The van der Waals surface area contributed by atoms with Gasteiger partial charge in [0.1, 0.15) is 5.82 Å². The molecule has 4 nitrogen and oxygen atoms in total. The Morgan fingerprint density at radius 1 is 1.27 bits per heavy atom. The van der Waals surface area contributed by atoms with E-state index < -0.39 is 0 Å². The highest BCUT2D eigenvalue weighted by Gasteiger charge is 2.07. The van der Waals surface area contributed by atoms with Crippen LogP contribution < -0.4 is 4.90 Å². The molecule has 5 heteroatoms. The Labute approximate surface area is 95.9 Å². The topological polar surface area (TPSA) is 32.3 Å². The summed E-state index contributed by atoms with van der Waals surface area (Å²) < 4.78 is 0. The van der Waals surface area contributed by atoms with Crippen LogP contribution in [0.4, 0.5) is 5.82 Å². The summed E-state index contributed by atoms with van der Waals surface area (Å²) in [5, 5.41) is 0.298. The highest BCUT2D eigenvalue weighted by atomic mass is 35.5. The van der Waals surface area contributed by atoms with Crippen molar-refractivity contribution in [3.8, 4) is 0 Å². The zero-order valence-corrected chi connectivity index (χ0v) is 10.4. The molecule has 0 aliphatic carbocycles. The van der Waals surface area contributed by atoms with Crippen molar-refractivity contribution in [3.63, 3.8) is 0 Å². The molecule has 0 unspecified atom stereocenters. The summed E-state index contributed by atoms with van der Waals surface area (Å²) in [6, 6.07) is 0. The largest absolute Gasteiger partial charge is 0.358 e. The third-order valence-corrected chi connectivity index (χ3v) is 2.34. The Balaban J connectivity index is 2.72. The third kappa shape index (κ3) is 3.64. The van der Waals surface area contributed by atoms with E-state index in [1.54, 1.807) is 6.20 Å². The van der Waals surface area contributed by atoms with Crippen LogP contribution in [-0.2, 0) is 0 Å². The Hall–Kier alpha value is -0.870. The van der Waals surface area contributed by atoms with Crippen molar-refractivity contribution in [2.75, 3.05) is 39.1 Å². The quantitative estimate of drug-likeness (QED) is 0.730. The fourth-order valence-electron chi connectivity index (χ4n) is 1.25. The molecule has 1 aromatic rings. The number of nitrogens with zero attached hydrogens (tertiary/aromatic N) is 4. The molecule has 1 heterocycles. The van der Waals surface area contributed by atoms with Gasteiger partial charge in [-0.1, -0.05) is 0 Å². The Morgan fingerprint density at radius 3 is 2.53 bits per heavy atom. The van der Waals surface area contributed by atoms with Gasteiger partial charge < -0.3 is 9.80 Å². The normalized spacial score (nSPS) is 10.8. The summed E-state index contributed by atoms with van der Waals surface area (Å²) in [6.45, 7) is 3.89. The van der Waals surface area contributed by atoms with E-state index in [9.17, 15) is 0 Å². The summed E-state index contributed by atoms with van der Waals surface area (Å²) in [6.07, 6.45) is 1.75. The van der Waals surface area contributed by atoms with Gasteiger partial charge in [0.25, 0.3) is 0 Å². The minimum Gasteiger partial charge on any atom is -0.358 e. The lowest BCUT2D eigenvalue weighted by molar-refractivity contribution is 0.416. The van der Waals surface area contributed by atoms with E-state index in [2.05, 4.69) is 19.8 Å². The minimum atomic E-state index is 0.298. The van der Waals surface area contributed by atoms with Gasteiger partial charge in [0.2, 0.25) is 5.28 Å². The van der Waals surface area contributed by atoms with Crippen LogP contribution >= 0.6 is 11.6 Å². The molecule has 15 heavy (non-hydrogen) atoms. The number of anilines is 1. The lowest BCUT2D eigenvalue weighted by atomic mass is 10.3. The molecule has 0 spiro atoms. The zero-order chi connectivity index (χ0) is 11.4. The van der Waals surface area contributed by atoms with Crippen molar-refractivity contribution in [3.05, 3.63) is 17.0 Å². The maximum Gasteiger partial charge on any atom is 0.224 e. The SMILES string of the molecule is Cc1cnc(Cl)nc1N(C)CCN(C)C. The number of likely N-dealkylation sites (N-methyl/N-ethyl adjacent to an activating group) is 2. The van der Waals surface area contributed by atoms with Crippen LogP contribution in [0, 0.1) is 6.92 Å². The molecule has 0 radical (unpaired) electrons. The minimum absolute atomic E-state index is 0.298. The first kappa shape index (κ1) is 12.2. The first-order chi connectivity index (χ1) is 7.00. The first-order valence-electron chi connectivity index (χ1n) is 4.85. The number of aromatic nitrogens is 2. The third-order valence-electron chi connectivity index (χ3n) is 2.16. The lowest BCUT2D eigenvalue weighted by Gasteiger charge is -2.21. The second kappa shape index (κ2) is 5.28. The predicted molar refractivity (Wildman–Crippen MR) is 63.6 cm³/mol. The van der Waals surface area contributed by atoms with E-state index in [1.165, 1.54) is 0 Å². The predicted octanol–water partition coefficient (Wildman–Crippen LogP) is 1.44. The van der Waals surface area contributed by atoms with Gasteiger partial charge in [0.15, 0.2) is 0 Å². The summed E-state index contributed by atoms with van der Waals surface area (Å²) in [7, 11) is 6.11. The number of aryl methyl sites for hydroxylation is 1. The van der Waals surface area contributed by atoms with E-state index in [0.29, 0.717) is 5.28 Å². The molecule has 1 rings (SSSR count). The Bertz CT molecular complexity index is 327. The Morgan fingerprint density at radius 2 is 1.93 bits per heavy atom. The van der Waals surface area contributed by atoms with Crippen molar-refractivity contribution in [2.24, 2.45) is 0 Å². The van der Waals surface area contributed by atoms with Crippen LogP contribution in [0.5, 0.6) is 0 Å². The fourth-order valence-corrected chi connectivity index (χ4v) is 1.38. The molecule has 0 aliphatic heterocycles. The van der Waals surface area contributed by atoms with Gasteiger partial charge in [-0.05, 0) is 32.6 Å². The van der Waals surface area contributed by atoms with Gasteiger partial charge in [-0.2, -0.15) is 0 Å². The van der Waals surface area contributed by atoms with E-state index in [1.807, 2.05) is 28.1 Å². The lowest BCUT2D eigenvalue weighted by Crippen LogP contribution is -2.29. The van der Waals surface area contributed by atoms with Gasteiger partial charge in [0, 0.05) is 31.9 Å². The highest BCUT2D eigenvalue weighted by molar-refractivity contribution is 6.28. The van der Waals surface area contributed by atoms with Crippen molar-refractivity contribution < 1.29 is 0 Å². The summed E-state index contributed by atoms with van der Waals surface area (Å²) >= 11 is 5.76. The van der Waals surface area contributed by atoms with Gasteiger partial charge in [-0.3, -0.25) is 0 Å². The second-order valence-corrected chi connectivity index (χ2v) is 4.21. The van der Waals surface area contributed by atoms with E-state index in [4.69, 9.17) is 11.6 Å². The summed E-state index contributed by atoms with van der Waals surface area (Å²) in [5.74, 6) is 0.900. The molecule has 0 fully saturated rings. The maximum atomic E-state index is 5.76. The van der Waals surface area contributed by atoms with Crippen LogP contribution in [0.2, 0.25) is 5.28 Å². The van der Waals surface area contributed by atoms with Crippen LogP contribution in [0.1, 0.15) is 5.56 Å². The molecule has 0 aromatic carbocycles. The number of hydrogen-bond donors (Lipinski definition) is 0. The molecule has 0 saturated carbocycles. The molecule has 0 atom stereocenters. The van der Waals surface area contributed by atoms with Gasteiger partial charge in [0.05, 0.1) is 0 Å². The number of rotatable bonds is 4. The van der Waals surface area contributed by atoms with Crippen LogP contribution in [0.3, 0.4) is 0 Å². The number of halogens is 1. The van der Waals surface area contributed by atoms with E-state index in [-0.39, 0.29) is 0 Å². The van der Waals surface area contributed by atoms with Crippen LogP contribution in [0.15, 0.2) is 6.20 Å². The maximum absolute atomic E-state index is 5.76. The van der Waals surface area contributed by atoms with Gasteiger partial charge >= 0.3 is 0 Å². The monoisotopic (exact) mass is 228 g/mol. The fraction of sp³-hybridized carbons (Fsp3) is 0.600. The molecule has 0 aliphatic rings. The number of hydrogen-bond acceptors (Lipinski definition) is 4. The second-order valence-electron chi connectivity index (χ2n) is 3.87. The molecular weight excluding hydrogens is 212 g/mol. The molecular formula is C10H17ClN4. The molecule has 0 amide bonds. The summed E-state index contributed by atoms with van der Waals surface area (Å²) in [5.41, 5.74) is 1.04. The first-order valence-corrected chi connectivity index (χ1v) is 5.23. The molecule has 84 valence electrons. The Kier molecular flexibility index (Phi) is 4.29.